The van der Waals surface area contributed by atoms with Crippen molar-refractivity contribution in [3.63, 3.8) is 0 Å². The Morgan fingerprint density at radius 3 is 2.62 bits per heavy atom. The van der Waals surface area contributed by atoms with Crippen molar-refractivity contribution in [1.82, 2.24) is 0 Å². The Morgan fingerprint density at radius 2 is 1.95 bits per heavy atom. The predicted octanol–water partition coefficient (Wildman–Crippen LogP) is 3.61. The second kappa shape index (κ2) is 7.44. The van der Waals surface area contributed by atoms with E-state index in [1.807, 2.05) is 30.3 Å². The molecule has 2 rings (SSSR count). The largest absolute Gasteiger partial charge is 0.379 e. The Labute approximate surface area is 126 Å². The molecule has 0 radical (unpaired) electrons. The third-order valence-corrected chi connectivity index (χ3v) is 3.80. The lowest BCUT2D eigenvalue weighted by Crippen LogP contribution is -2.06. The number of nitrogens with zero attached hydrogens (tertiary/aromatic N) is 1. The quantitative estimate of drug-likeness (QED) is 0.278. The average molecular weight is 302 g/mol. The van der Waals surface area contributed by atoms with Crippen LogP contribution in [0.15, 0.2) is 53.4 Å². The zero-order chi connectivity index (χ0) is 15.1. The third kappa shape index (κ3) is 4.32. The number of hydrogen-bond donors (Lipinski definition) is 1. The van der Waals surface area contributed by atoms with Gasteiger partial charge >= 0.3 is 0 Å². The molecule has 0 aliphatic heterocycles. The zero-order valence-electron chi connectivity index (χ0n) is 11.2. The van der Waals surface area contributed by atoms with Crippen molar-refractivity contribution >= 4 is 29.4 Å². The van der Waals surface area contributed by atoms with Crippen molar-refractivity contribution in [1.29, 1.82) is 0 Å². The number of carbonyl (C=O) groups excluding carboxylic acids is 1. The fourth-order valence-corrected chi connectivity index (χ4v) is 2.58. The molecule has 0 amide bonds. The van der Waals surface area contributed by atoms with Crippen molar-refractivity contribution in [3.8, 4) is 0 Å². The minimum Gasteiger partial charge on any atom is -0.379 e. The Kier molecular flexibility index (Phi) is 5.34. The number of nitro groups is 1. The highest BCUT2D eigenvalue weighted by atomic mass is 32.2. The standard InChI is InChI=1S/C15H14N2O3S/c18-11-12-6-7-14(15(10-12)17(19)20)16-8-9-21-13-4-2-1-3-5-13/h1-7,10-11,16H,8-9H2. The molecular formula is C15H14N2O3S. The van der Waals surface area contributed by atoms with Crippen LogP contribution in [-0.2, 0) is 0 Å². The van der Waals surface area contributed by atoms with E-state index in [1.165, 1.54) is 6.07 Å². The van der Waals surface area contributed by atoms with Gasteiger partial charge in [-0.15, -0.1) is 11.8 Å². The van der Waals surface area contributed by atoms with E-state index in [9.17, 15) is 14.9 Å². The van der Waals surface area contributed by atoms with Gasteiger partial charge in [0.1, 0.15) is 12.0 Å². The van der Waals surface area contributed by atoms with Crippen molar-refractivity contribution in [2.75, 3.05) is 17.6 Å². The first-order valence-electron chi connectivity index (χ1n) is 6.36. The molecule has 0 aliphatic rings. The molecule has 0 spiro atoms. The molecule has 0 aliphatic carbocycles. The number of hydrogen-bond acceptors (Lipinski definition) is 5. The minimum absolute atomic E-state index is 0.0793. The SMILES string of the molecule is O=Cc1ccc(NCCSc2ccccc2)c([N+](=O)[O-])c1. The highest BCUT2D eigenvalue weighted by molar-refractivity contribution is 7.99. The second-order valence-electron chi connectivity index (χ2n) is 4.24. The molecule has 0 atom stereocenters. The molecule has 6 heteroatoms. The average Bonchev–Trinajstić information content (AvgIpc) is 2.52. The summed E-state index contributed by atoms with van der Waals surface area (Å²) in [6, 6.07) is 14.3. The molecule has 5 nitrogen and oxygen atoms in total. The first-order chi connectivity index (χ1) is 10.2. The molecule has 0 fully saturated rings. The van der Waals surface area contributed by atoms with Gasteiger partial charge in [-0.2, -0.15) is 0 Å². The number of thioether (sulfide) groups is 1. The van der Waals surface area contributed by atoms with E-state index in [2.05, 4.69) is 5.32 Å². The van der Waals surface area contributed by atoms with E-state index in [-0.39, 0.29) is 5.69 Å². The summed E-state index contributed by atoms with van der Waals surface area (Å²) in [6.45, 7) is 0.598. The van der Waals surface area contributed by atoms with Gasteiger partial charge in [0.05, 0.1) is 4.92 Å². The molecule has 0 saturated heterocycles. The highest BCUT2D eigenvalue weighted by Gasteiger charge is 2.13. The number of nitrogens with one attached hydrogen (secondary N) is 1. The lowest BCUT2D eigenvalue weighted by Gasteiger charge is -2.07. The summed E-state index contributed by atoms with van der Waals surface area (Å²) in [5, 5.41) is 14.0. The number of benzene rings is 2. The van der Waals surface area contributed by atoms with E-state index >= 15 is 0 Å². The van der Waals surface area contributed by atoms with Crippen molar-refractivity contribution in [2.24, 2.45) is 0 Å². The minimum atomic E-state index is -0.486. The van der Waals surface area contributed by atoms with Crippen LogP contribution in [0.25, 0.3) is 0 Å². The molecule has 1 N–H and O–H groups in total. The van der Waals surface area contributed by atoms with Gasteiger partial charge < -0.3 is 5.32 Å². The van der Waals surface area contributed by atoms with Crippen LogP contribution in [0.5, 0.6) is 0 Å². The summed E-state index contributed by atoms with van der Waals surface area (Å²) < 4.78 is 0. The summed E-state index contributed by atoms with van der Waals surface area (Å²) in [4.78, 5) is 22.3. The molecule has 0 bridgehead atoms. The summed E-state index contributed by atoms with van der Waals surface area (Å²) in [5.74, 6) is 0.788. The van der Waals surface area contributed by atoms with E-state index in [4.69, 9.17) is 0 Å². The molecular weight excluding hydrogens is 288 g/mol. The van der Waals surface area contributed by atoms with Crippen LogP contribution in [0.4, 0.5) is 11.4 Å². The van der Waals surface area contributed by atoms with Crippen LogP contribution in [0.1, 0.15) is 10.4 Å². The number of aldehydes is 1. The molecule has 2 aromatic carbocycles. The van der Waals surface area contributed by atoms with Crippen LogP contribution in [-0.4, -0.2) is 23.5 Å². The van der Waals surface area contributed by atoms with Crippen molar-refractivity contribution < 1.29 is 9.72 Å². The van der Waals surface area contributed by atoms with Gasteiger partial charge in [-0.3, -0.25) is 14.9 Å². The molecule has 0 unspecified atom stereocenters. The summed E-state index contributed by atoms with van der Waals surface area (Å²) in [5.41, 5.74) is 0.648. The summed E-state index contributed by atoms with van der Waals surface area (Å²) >= 11 is 1.67. The van der Waals surface area contributed by atoms with Crippen LogP contribution in [0, 0.1) is 10.1 Å². The fraction of sp³-hybridized carbons (Fsp3) is 0.133. The maximum absolute atomic E-state index is 11.0. The Balaban J connectivity index is 1.93. The Morgan fingerprint density at radius 1 is 1.19 bits per heavy atom. The van der Waals surface area contributed by atoms with Crippen LogP contribution in [0.3, 0.4) is 0 Å². The number of nitro benzene ring substituents is 1. The number of carbonyl (C=O) groups is 1. The third-order valence-electron chi connectivity index (χ3n) is 2.78. The van der Waals surface area contributed by atoms with Gasteiger partial charge in [-0.1, -0.05) is 18.2 Å². The molecule has 0 aromatic heterocycles. The van der Waals surface area contributed by atoms with Crippen LogP contribution in [0.2, 0.25) is 0 Å². The fourth-order valence-electron chi connectivity index (χ4n) is 1.79. The molecule has 0 saturated carbocycles. The maximum atomic E-state index is 11.0. The Hall–Kier alpha value is -2.34. The maximum Gasteiger partial charge on any atom is 0.293 e. The van der Waals surface area contributed by atoms with Crippen molar-refractivity contribution in [2.45, 2.75) is 4.90 Å². The van der Waals surface area contributed by atoms with Crippen molar-refractivity contribution in [3.05, 3.63) is 64.2 Å². The first-order valence-corrected chi connectivity index (χ1v) is 7.34. The zero-order valence-corrected chi connectivity index (χ0v) is 12.0. The van der Waals surface area contributed by atoms with Gasteiger partial charge in [0.25, 0.3) is 5.69 Å². The van der Waals surface area contributed by atoms with E-state index in [0.29, 0.717) is 24.1 Å². The summed E-state index contributed by atoms with van der Waals surface area (Å²) in [6.07, 6.45) is 0.599. The first kappa shape index (κ1) is 15.1. The normalized spacial score (nSPS) is 10.1. The molecule has 0 heterocycles. The van der Waals surface area contributed by atoms with E-state index in [0.717, 1.165) is 10.6 Å². The summed E-state index contributed by atoms with van der Waals surface area (Å²) in [7, 11) is 0. The van der Waals surface area contributed by atoms with Gasteiger partial charge in [0, 0.05) is 28.8 Å². The lowest BCUT2D eigenvalue weighted by molar-refractivity contribution is -0.384. The van der Waals surface area contributed by atoms with Gasteiger partial charge in [0.15, 0.2) is 0 Å². The second-order valence-corrected chi connectivity index (χ2v) is 5.41. The Bertz CT molecular complexity index is 632. The van der Waals surface area contributed by atoms with E-state index in [1.54, 1.807) is 23.9 Å². The van der Waals surface area contributed by atoms with Crippen LogP contribution < -0.4 is 5.32 Å². The monoisotopic (exact) mass is 302 g/mol. The van der Waals surface area contributed by atoms with Gasteiger partial charge in [-0.05, 0) is 24.3 Å². The van der Waals surface area contributed by atoms with E-state index < -0.39 is 4.92 Å². The lowest BCUT2D eigenvalue weighted by atomic mass is 10.2. The topological polar surface area (TPSA) is 72.2 Å². The number of rotatable bonds is 7. The van der Waals surface area contributed by atoms with Gasteiger partial charge in [0.2, 0.25) is 0 Å². The smallest absolute Gasteiger partial charge is 0.293 e. The van der Waals surface area contributed by atoms with Gasteiger partial charge in [-0.25, -0.2) is 0 Å². The number of anilines is 1. The highest BCUT2D eigenvalue weighted by Crippen LogP contribution is 2.25. The molecule has 21 heavy (non-hydrogen) atoms. The molecule has 108 valence electrons. The van der Waals surface area contributed by atoms with Crippen LogP contribution >= 0.6 is 11.8 Å². The molecule has 2 aromatic rings. The predicted molar refractivity (Wildman–Crippen MR) is 84.1 cm³/mol.